The number of carbonyl (C=O) groups is 1. The van der Waals surface area contributed by atoms with Gasteiger partial charge in [-0.25, -0.2) is 4.68 Å². The van der Waals surface area contributed by atoms with E-state index in [1.807, 2.05) is 43.5 Å². The highest BCUT2D eigenvalue weighted by Gasteiger charge is 2.11. The lowest BCUT2D eigenvalue weighted by atomic mass is 10.1. The minimum Gasteiger partial charge on any atom is -0.346 e. The molecule has 1 aromatic heterocycles. The van der Waals surface area contributed by atoms with Gasteiger partial charge >= 0.3 is 0 Å². The SMILES string of the molecule is CC(NC(=O)c1ccc(-n2cccn2)cc1)c1ccc(C#N)cc1. The molecule has 5 nitrogen and oxygen atoms in total. The molecule has 1 unspecified atom stereocenters. The molecule has 118 valence electrons. The van der Waals surface area contributed by atoms with Crippen LogP contribution in [0.25, 0.3) is 5.69 Å². The number of nitriles is 1. The van der Waals surface area contributed by atoms with Gasteiger partial charge < -0.3 is 5.32 Å². The number of benzene rings is 2. The third kappa shape index (κ3) is 3.33. The van der Waals surface area contributed by atoms with Gasteiger partial charge in [-0.05, 0) is 55.0 Å². The normalized spacial score (nSPS) is 11.5. The summed E-state index contributed by atoms with van der Waals surface area (Å²) in [6.07, 6.45) is 3.56. The third-order valence-electron chi connectivity index (χ3n) is 3.79. The Morgan fingerprint density at radius 1 is 1.17 bits per heavy atom. The van der Waals surface area contributed by atoms with Crippen LogP contribution in [-0.4, -0.2) is 15.7 Å². The Morgan fingerprint density at radius 2 is 1.88 bits per heavy atom. The predicted octanol–water partition coefficient (Wildman–Crippen LogP) is 3.23. The average Bonchev–Trinajstić information content (AvgIpc) is 3.16. The van der Waals surface area contributed by atoms with Crippen LogP contribution in [-0.2, 0) is 0 Å². The fraction of sp³-hybridized carbons (Fsp3) is 0.105. The number of nitrogens with zero attached hydrogens (tertiary/aromatic N) is 3. The number of hydrogen-bond donors (Lipinski definition) is 1. The molecule has 1 amide bonds. The van der Waals surface area contributed by atoms with Crippen molar-refractivity contribution in [3.8, 4) is 11.8 Å². The van der Waals surface area contributed by atoms with E-state index in [1.165, 1.54) is 0 Å². The molecule has 2 aromatic carbocycles. The zero-order valence-electron chi connectivity index (χ0n) is 13.2. The number of rotatable bonds is 4. The van der Waals surface area contributed by atoms with Gasteiger partial charge in [-0.2, -0.15) is 10.4 Å². The lowest BCUT2D eigenvalue weighted by molar-refractivity contribution is 0.0940. The molecule has 0 bridgehead atoms. The van der Waals surface area contributed by atoms with E-state index in [0.717, 1.165) is 11.3 Å². The summed E-state index contributed by atoms with van der Waals surface area (Å²) in [6, 6.07) is 18.2. The molecule has 24 heavy (non-hydrogen) atoms. The van der Waals surface area contributed by atoms with Crippen LogP contribution >= 0.6 is 0 Å². The van der Waals surface area contributed by atoms with Gasteiger partial charge in [0.2, 0.25) is 0 Å². The summed E-state index contributed by atoms with van der Waals surface area (Å²) < 4.78 is 1.74. The predicted molar refractivity (Wildman–Crippen MR) is 90.6 cm³/mol. The number of nitrogens with one attached hydrogen (secondary N) is 1. The molecule has 0 aliphatic rings. The van der Waals surface area contributed by atoms with Crippen molar-refractivity contribution < 1.29 is 4.79 Å². The fourth-order valence-electron chi connectivity index (χ4n) is 2.40. The molecule has 0 saturated carbocycles. The summed E-state index contributed by atoms with van der Waals surface area (Å²) >= 11 is 0. The van der Waals surface area contributed by atoms with Crippen LogP contribution in [0.4, 0.5) is 0 Å². The maximum Gasteiger partial charge on any atom is 0.251 e. The Morgan fingerprint density at radius 3 is 2.46 bits per heavy atom. The van der Waals surface area contributed by atoms with Gasteiger partial charge in [0.1, 0.15) is 0 Å². The van der Waals surface area contributed by atoms with Crippen LogP contribution in [0.5, 0.6) is 0 Å². The molecular formula is C19H16N4O. The monoisotopic (exact) mass is 316 g/mol. The number of aromatic nitrogens is 2. The summed E-state index contributed by atoms with van der Waals surface area (Å²) in [7, 11) is 0. The van der Waals surface area contributed by atoms with E-state index in [0.29, 0.717) is 11.1 Å². The third-order valence-corrected chi connectivity index (χ3v) is 3.79. The molecule has 3 rings (SSSR count). The summed E-state index contributed by atoms with van der Waals surface area (Å²) in [5.74, 6) is -0.140. The van der Waals surface area contributed by atoms with Crippen molar-refractivity contribution in [2.24, 2.45) is 0 Å². The van der Waals surface area contributed by atoms with E-state index >= 15 is 0 Å². The molecular weight excluding hydrogens is 300 g/mol. The van der Waals surface area contributed by atoms with Crippen LogP contribution in [0.15, 0.2) is 67.0 Å². The van der Waals surface area contributed by atoms with Crippen LogP contribution in [0.3, 0.4) is 0 Å². The molecule has 1 N–H and O–H groups in total. The first-order valence-electron chi connectivity index (χ1n) is 7.58. The minimum atomic E-state index is -0.143. The first-order chi connectivity index (χ1) is 11.7. The van der Waals surface area contributed by atoms with Gasteiger partial charge in [0.05, 0.1) is 23.4 Å². The number of carbonyl (C=O) groups excluding carboxylic acids is 1. The quantitative estimate of drug-likeness (QED) is 0.803. The molecule has 0 aliphatic carbocycles. The maximum absolute atomic E-state index is 12.4. The Balaban J connectivity index is 1.68. The van der Waals surface area contributed by atoms with Crippen LogP contribution < -0.4 is 5.32 Å². The van der Waals surface area contributed by atoms with Crippen molar-refractivity contribution in [1.82, 2.24) is 15.1 Å². The van der Waals surface area contributed by atoms with Gasteiger partial charge in [0, 0.05) is 18.0 Å². The Labute approximate surface area is 140 Å². The molecule has 1 heterocycles. The van der Waals surface area contributed by atoms with Crippen LogP contribution in [0.2, 0.25) is 0 Å². The van der Waals surface area contributed by atoms with Gasteiger partial charge in [-0.1, -0.05) is 12.1 Å². The minimum absolute atomic E-state index is 0.140. The molecule has 0 aliphatic heterocycles. The lowest BCUT2D eigenvalue weighted by Gasteiger charge is -2.14. The van der Waals surface area contributed by atoms with Crippen molar-refractivity contribution >= 4 is 5.91 Å². The first-order valence-corrected chi connectivity index (χ1v) is 7.58. The zero-order valence-corrected chi connectivity index (χ0v) is 13.2. The molecule has 0 fully saturated rings. The smallest absolute Gasteiger partial charge is 0.251 e. The second-order valence-corrected chi connectivity index (χ2v) is 5.43. The number of amides is 1. The molecule has 5 heteroatoms. The molecule has 3 aromatic rings. The second kappa shape index (κ2) is 6.80. The largest absolute Gasteiger partial charge is 0.346 e. The summed E-state index contributed by atoms with van der Waals surface area (Å²) in [5.41, 5.74) is 3.05. The van der Waals surface area contributed by atoms with Crippen molar-refractivity contribution in [3.63, 3.8) is 0 Å². The topological polar surface area (TPSA) is 70.7 Å². The summed E-state index contributed by atoms with van der Waals surface area (Å²) in [5, 5.41) is 15.9. The highest BCUT2D eigenvalue weighted by molar-refractivity contribution is 5.94. The summed E-state index contributed by atoms with van der Waals surface area (Å²) in [6.45, 7) is 1.91. The standard InChI is InChI=1S/C19H16N4O/c1-14(16-5-3-15(13-20)4-6-16)22-19(24)17-7-9-18(10-8-17)23-12-2-11-21-23/h2-12,14H,1H3,(H,22,24). The van der Waals surface area contributed by atoms with E-state index in [1.54, 1.807) is 35.1 Å². The van der Waals surface area contributed by atoms with Crippen LogP contribution in [0.1, 0.15) is 34.5 Å². The van der Waals surface area contributed by atoms with Crippen molar-refractivity contribution in [2.45, 2.75) is 13.0 Å². The van der Waals surface area contributed by atoms with E-state index < -0.39 is 0 Å². The second-order valence-electron chi connectivity index (χ2n) is 5.43. The molecule has 0 spiro atoms. The first kappa shape index (κ1) is 15.5. The van der Waals surface area contributed by atoms with Crippen molar-refractivity contribution in [1.29, 1.82) is 5.26 Å². The van der Waals surface area contributed by atoms with E-state index in [-0.39, 0.29) is 11.9 Å². The lowest BCUT2D eigenvalue weighted by Crippen LogP contribution is -2.26. The highest BCUT2D eigenvalue weighted by Crippen LogP contribution is 2.15. The molecule has 0 radical (unpaired) electrons. The Hall–Kier alpha value is -3.39. The highest BCUT2D eigenvalue weighted by atomic mass is 16.1. The van der Waals surface area contributed by atoms with E-state index in [2.05, 4.69) is 16.5 Å². The van der Waals surface area contributed by atoms with Gasteiger partial charge in [0.15, 0.2) is 0 Å². The van der Waals surface area contributed by atoms with Crippen molar-refractivity contribution in [2.75, 3.05) is 0 Å². The van der Waals surface area contributed by atoms with Crippen LogP contribution in [0, 0.1) is 11.3 Å². The average molecular weight is 316 g/mol. The van der Waals surface area contributed by atoms with E-state index in [4.69, 9.17) is 5.26 Å². The zero-order chi connectivity index (χ0) is 16.9. The van der Waals surface area contributed by atoms with Gasteiger partial charge in [-0.3, -0.25) is 4.79 Å². The Bertz CT molecular complexity index is 859. The van der Waals surface area contributed by atoms with Gasteiger partial charge in [0.25, 0.3) is 5.91 Å². The van der Waals surface area contributed by atoms with Crippen molar-refractivity contribution in [3.05, 3.63) is 83.7 Å². The molecule has 1 atom stereocenters. The Kier molecular flexibility index (Phi) is 4.39. The van der Waals surface area contributed by atoms with Gasteiger partial charge in [-0.15, -0.1) is 0 Å². The fourth-order valence-corrected chi connectivity index (χ4v) is 2.40. The summed E-state index contributed by atoms with van der Waals surface area (Å²) in [4.78, 5) is 12.4. The number of hydrogen-bond acceptors (Lipinski definition) is 3. The molecule has 0 saturated heterocycles. The van der Waals surface area contributed by atoms with E-state index in [9.17, 15) is 4.79 Å². The maximum atomic E-state index is 12.4.